The van der Waals surface area contributed by atoms with Crippen LogP contribution in [-0.4, -0.2) is 45.4 Å². The molecule has 1 heterocycles. The molecule has 1 aliphatic carbocycles. The minimum absolute atomic E-state index is 0.114. The Bertz CT molecular complexity index is 523. The molecular formula is C18H29F3N2O. The predicted octanol–water partition coefficient (Wildman–Crippen LogP) is 4.49. The van der Waals surface area contributed by atoms with Gasteiger partial charge in [-0.25, -0.2) is 13.8 Å². The van der Waals surface area contributed by atoms with Crippen LogP contribution in [0.5, 0.6) is 5.75 Å². The summed E-state index contributed by atoms with van der Waals surface area (Å²) in [4.78, 5) is 0. The van der Waals surface area contributed by atoms with Crippen molar-refractivity contribution in [1.82, 2.24) is 5.01 Å². The zero-order chi connectivity index (χ0) is 18.3. The van der Waals surface area contributed by atoms with Gasteiger partial charge < -0.3 is 9.75 Å². The molecule has 0 amide bonds. The molecule has 0 radical (unpaired) electrons. The molecule has 0 aromatic heterocycles. The minimum Gasteiger partial charge on any atom is -0.495 e. The second-order valence-corrected chi connectivity index (χ2v) is 5.69. The van der Waals surface area contributed by atoms with Crippen molar-refractivity contribution in [3.63, 3.8) is 0 Å². The monoisotopic (exact) mass is 346 g/mol. The summed E-state index contributed by atoms with van der Waals surface area (Å²) in [6.07, 6.45) is 3.20. The van der Waals surface area contributed by atoms with Crippen molar-refractivity contribution < 1.29 is 17.9 Å². The third-order valence-corrected chi connectivity index (χ3v) is 4.23. The van der Waals surface area contributed by atoms with E-state index in [9.17, 15) is 13.2 Å². The number of anilines is 1. The molecule has 3 rings (SSSR count). The molecular weight excluding hydrogens is 317 g/mol. The lowest BCUT2D eigenvalue weighted by atomic mass is 10.1. The third-order valence-electron chi connectivity index (χ3n) is 4.23. The van der Waals surface area contributed by atoms with Crippen LogP contribution in [0.25, 0.3) is 0 Å². The predicted molar refractivity (Wildman–Crippen MR) is 92.9 cm³/mol. The first-order valence-corrected chi connectivity index (χ1v) is 8.44. The highest BCUT2D eigenvalue weighted by Gasteiger charge is 2.38. The van der Waals surface area contributed by atoms with Crippen LogP contribution in [0.1, 0.15) is 37.8 Å². The molecule has 1 aromatic carbocycles. The summed E-state index contributed by atoms with van der Waals surface area (Å²) in [6.45, 7) is 4.08. The molecule has 0 atom stereocenters. The van der Waals surface area contributed by atoms with Gasteiger partial charge in [0.2, 0.25) is 0 Å². The number of nitrogens with zero attached hydrogens (tertiary/aromatic N) is 2. The summed E-state index contributed by atoms with van der Waals surface area (Å²) in [5.41, 5.74) is 3.56. The number of ether oxygens (including phenoxy) is 1. The number of rotatable bonds is 2. The fraction of sp³-hybridized carbons (Fsp3) is 0.667. The Balaban J connectivity index is 0.000000671. The van der Waals surface area contributed by atoms with E-state index in [4.69, 9.17) is 4.74 Å². The zero-order valence-corrected chi connectivity index (χ0v) is 15.3. The first-order chi connectivity index (χ1) is 11.5. The van der Waals surface area contributed by atoms with Crippen molar-refractivity contribution in [3.8, 4) is 5.75 Å². The van der Waals surface area contributed by atoms with Gasteiger partial charge in [-0.05, 0) is 42.5 Å². The van der Waals surface area contributed by atoms with Crippen LogP contribution in [0.3, 0.4) is 0 Å². The Labute approximate surface area is 143 Å². The van der Waals surface area contributed by atoms with Crippen molar-refractivity contribution in [2.45, 2.75) is 45.5 Å². The van der Waals surface area contributed by atoms with Crippen LogP contribution in [0.2, 0.25) is 0 Å². The number of benzene rings is 1. The topological polar surface area (TPSA) is 15.7 Å². The standard InChI is InChI=1S/C15H20F2N2O.C2H6.CH3F/c1-18-10-15(16,17)6-7-19(18)13-8-11-4-3-5-12(11)9-14(13)20-2;2*1-2/h8-9H,3-7,10H2,1-2H3;1-2H3;1H3. The molecule has 1 fully saturated rings. The molecule has 3 nitrogen and oxygen atoms in total. The van der Waals surface area contributed by atoms with E-state index in [2.05, 4.69) is 12.1 Å². The van der Waals surface area contributed by atoms with Gasteiger partial charge in [0.05, 0.1) is 26.5 Å². The Morgan fingerprint density at radius 3 is 2.21 bits per heavy atom. The number of hydrogen-bond donors (Lipinski definition) is 0. The van der Waals surface area contributed by atoms with Crippen LogP contribution in [0, 0.1) is 0 Å². The number of alkyl halides is 3. The van der Waals surface area contributed by atoms with Gasteiger partial charge in [0.15, 0.2) is 0 Å². The summed E-state index contributed by atoms with van der Waals surface area (Å²) in [5, 5.41) is 3.51. The molecule has 0 saturated carbocycles. The Morgan fingerprint density at radius 2 is 1.67 bits per heavy atom. The molecule has 0 unspecified atom stereocenters. The Morgan fingerprint density at radius 1 is 1.08 bits per heavy atom. The highest BCUT2D eigenvalue weighted by Crippen LogP contribution is 2.38. The number of halogens is 3. The molecule has 0 bridgehead atoms. The van der Waals surface area contributed by atoms with Crippen molar-refractivity contribution in [2.75, 3.05) is 39.4 Å². The van der Waals surface area contributed by atoms with Gasteiger partial charge in [-0.2, -0.15) is 0 Å². The van der Waals surface area contributed by atoms with Crippen molar-refractivity contribution in [1.29, 1.82) is 0 Å². The normalized spacial score (nSPS) is 18.8. The first-order valence-electron chi connectivity index (χ1n) is 8.44. The van der Waals surface area contributed by atoms with Gasteiger partial charge in [0, 0.05) is 20.0 Å². The van der Waals surface area contributed by atoms with Crippen molar-refractivity contribution in [3.05, 3.63) is 23.3 Å². The summed E-state index contributed by atoms with van der Waals surface area (Å²) in [5.74, 6) is -1.82. The molecule has 1 aromatic rings. The minimum atomic E-state index is -2.60. The lowest BCUT2D eigenvalue weighted by Gasteiger charge is -2.41. The summed E-state index contributed by atoms with van der Waals surface area (Å²) in [6, 6.07) is 4.18. The average Bonchev–Trinajstić information content (AvgIpc) is 3.04. The fourth-order valence-electron chi connectivity index (χ4n) is 3.20. The lowest BCUT2D eigenvalue weighted by Crippen LogP contribution is -2.53. The number of methoxy groups -OCH3 is 1. The van der Waals surface area contributed by atoms with Gasteiger partial charge >= 0.3 is 0 Å². The molecule has 6 heteroatoms. The summed E-state index contributed by atoms with van der Waals surface area (Å²) in [7, 11) is 3.85. The van der Waals surface area contributed by atoms with Crippen LogP contribution >= 0.6 is 0 Å². The van der Waals surface area contributed by atoms with Crippen LogP contribution in [0.15, 0.2) is 12.1 Å². The number of fused-ring (bicyclic) bond motifs is 1. The quantitative estimate of drug-likeness (QED) is 0.785. The van der Waals surface area contributed by atoms with Crippen LogP contribution in [0.4, 0.5) is 18.9 Å². The largest absolute Gasteiger partial charge is 0.495 e. The van der Waals surface area contributed by atoms with Crippen molar-refractivity contribution >= 4 is 5.69 Å². The van der Waals surface area contributed by atoms with E-state index in [0.717, 1.165) is 30.7 Å². The maximum Gasteiger partial charge on any atom is 0.264 e. The van der Waals surface area contributed by atoms with Crippen LogP contribution in [-0.2, 0) is 12.8 Å². The van der Waals surface area contributed by atoms with E-state index in [-0.39, 0.29) is 13.0 Å². The van der Waals surface area contributed by atoms with E-state index in [1.54, 1.807) is 19.2 Å². The lowest BCUT2D eigenvalue weighted by molar-refractivity contribution is -0.0565. The molecule has 24 heavy (non-hydrogen) atoms. The highest BCUT2D eigenvalue weighted by molar-refractivity contribution is 5.62. The molecule has 2 aliphatic rings. The smallest absolute Gasteiger partial charge is 0.264 e. The van der Waals surface area contributed by atoms with E-state index in [1.807, 2.05) is 18.9 Å². The average molecular weight is 346 g/mol. The van der Waals surface area contributed by atoms with E-state index < -0.39 is 5.92 Å². The number of aryl methyl sites for hydroxylation is 2. The second-order valence-electron chi connectivity index (χ2n) is 5.69. The number of hydrazine groups is 1. The van der Waals surface area contributed by atoms with Gasteiger partial charge in [-0.15, -0.1) is 0 Å². The molecule has 0 spiro atoms. The molecule has 1 saturated heterocycles. The van der Waals surface area contributed by atoms with Crippen LogP contribution < -0.4 is 9.75 Å². The van der Waals surface area contributed by atoms with E-state index in [0.29, 0.717) is 13.7 Å². The van der Waals surface area contributed by atoms with E-state index in [1.165, 1.54) is 11.1 Å². The molecule has 1 aliphatic heterocycles. The zero-order valence-electron chi connectivity index (χ0n) is 15.3. The van der Waals surface area contributed by atoms with Gasteiger partial charge in [0.1, 0.15) is 5.75 Å². The second kappa shape index (κ2) is 9.16. The summed E-state index contributed by atoms with van der Waals surface area (Å²) < 4.78 is 41.9. The maximum atomic E-state index is 13.4. The van der Waals surface area contributed by atoms with E-state index >= 15 is 0 Å². The van der Waals surface area contributed by atoms with Gasteiger partial charge in [-0.1, -0.05) is 13.8 Å². The SMILES string of the molecule is CC.CF.COc1cc2c(cc1N1CCC(F)(F)CN1C)CCC2. The maximum absolute atomic E-state index is 13.4. The summed E-state index contributed by atoms with van der Waals surface area (Å²) >= 11 is 0. The first kappa shape index (κ1) is 20.6. The van der Waals surface area contributed by atoms with Gasteiger partial charge in [-0.3, -0.25) is 4.39 Å². The highest BCUT2D eigenvalue weighted by atomic mass is 19.3. The molecule has 0 N–H and O–H groups in total. The third kappa shape index (κ3) is 4.56. The Kier molecular flexibility index (Phi) is 7.87. The fourth-order valence-corrected chi connectivity index (χ4v) is 3.20. The van der Waals surface area contributed by atoms with Gasteiger partial charge in [0.25, 0.3) is 5.92 Å². The number of hydrogen-bond acceptors (Lipinski definition) is 3. The molecule has 138 valence electrons. The Hall–Kier alpha value is -1.43. The van der Waals surface area contributed by atoms with Crippen molar-refractivity contribution in [2.24, 2.45) is 0 Å².